The molecule has 5 heteroatoms. The summed E-state index contributed by atoms with van der Waals surface area (Å²) in [6, 6.07) is 7.01. The Kier molecular flexibility index (Phi) is 5.44. The largest absolute Gasteiger partial charge is 0.489 e. The van der Waals surface area contributed by atoms with Crippen molar-refractivity contribution in [2.75, 3.05) is 13.2 Å². The average Bonchev–Trinajstić information content (AvgIpc) is 2.33. The Morgan fingerprint density at radius 2 is 2.00 bits per heavy atom. The van der Waals surface area contributed by atoms with E-state index in [1.807, 2.05) is 0 Å². The minimum Gasteiger partial charge on any atom is -0.489 e. The van der Waals surface area contributed by atoms with Gasteiger partial charge in [-0.1, -0.05) is 18.2 Å². The fourth-order valence-corrected chi connectivity index (χ4v) is 1.25. The molecule has 1 aromatic rings. The van der Waals surface area contributed by atoms with Crippen molar-refractivity contribution in [3.63, 3.8) is 0 Å². The van der Waals surface area contributed by atoms with E-state index in [-0.39, 0.29) is 19.2 Å². The maximum absolute atomic E-state index is 10.5. The number of hydrogen-bond acceptors (Lipinski definition) is 4. The maximum Gasteiger partial charge on any atom is 0.328 e. The van der Waals surface area contributed by atoms with Gasteiger partial charge >= 0.3 is 11.9 Å². The van der Waals surface area contributed by atoms with Crippen LogP contribution in [0.15, 0.2) is 30.3 Å². The summed E-state index contributed by atoms with van der Waals surface area (Å²) in [6.45, 7) is 1.70. The van der Waals surface area contributed by atoms with Crippen LogP contribution in [0.5, 0.6) is 5.75 Å². The molecular weight excluding hydrogens is 236 g/mol. The molecule has 0 bridgehead atoms. The number of carbonyl (C=O) groups is 2. The van der Waals surface area contributed by atoms with Crippen LogP contribution in [-0.4, -0.2) is 30.3 Å². The van der Waals surface area contributed by atoms with Crippen LogP contribution in [0, 0.1) is 0 Å². The molecule has 1 N–H and O–H groups in total. The molecule has 0 amide bonds. The Hall–Kier alpha value is -2.30. The van der Waals surface area contributed by atoms with Crippen LogP contribution in [0.1, 0.15) is 12.5 Å². The number of aliphatic carboxylic acids is 1. The summed E-state index contributed by atoms with van der Waals surface area (Å²) in [5.74, 6) is -0.843. The SMILES string of the molecule is CC(=O)OCCOc1ccccc1/C=C/C(=O)O. The van der Waals surface area contributed by atoms with Gasteiger partial charge in [0.15, 0.2) is 0 Å². The van der Waals surface area contributed by atoms with Gasteiger partial charge in [-0.2, -0.15) is 0 Å². The molecule has 0 saturated heterocycles. The maximum atomic E-state index is 10.5. The smallest absolute Gasteiger partial charge is 0.328 e. The van der Waals surface area contributed by atoms with Crippen LogP contribution >= 0.6 is 0 Å². The lowest BCUT2D eigenvalue weighted by Crippen LogP contribution is -2.09. The van der Waals surface area contributed by atoms with E-state index in [0.717, 1.165) is 6.08 Å². The van der Waals surface area contributed by atoms with E-state index in [4.69, 9.17) is 14.6 Å². The van der Waals surface area contributed by atoms with Crippen molar-refractivity contribution in [1.29, 1.82) is 0 Å². The first kappa shape index (κ1) is 13.8. The van der Waals surface area contributed by atoms with E-state index in [1.165, 1.54) is 13.0 Å². The third-order valence-corrected chi connectivity index (χ3v) is 1.97. The van der Waals surface area contributed by atoms with Crippen molar-refractivity contribution in [3.8, 4) is 5.75 Å². The number of carbonyl (C=O) groups excluding carboxylic acids is 1. The van der Waals surface area contributed by atoms with Crippen LogP contribution in [-0.2, 0) is 14.3 Å². The highest BCUT2D eigenvalue weighted by Gasteiger charge is 2.01. The van der Waals surface area contributed by atoms with Gasteiger partial charge in [0, 0.05) is 18.6 Å². The first-order valence-corrected chi connectivity index (χ1v) is 5.36. The summed E-state index contributed by atoms with van der Waals surface area (Å²) in [5, 5.41) is 8.56. The van der Waals surface area contributed by atoms with Crippen molar-refractivity contribution < 1.29 is 24.2 Å². The normalized spacial score (nSPS) is 10.3. The minimum absolute atomic E-state index is 0.159. The molecule has 0 aliphatic heterocycles. The van der Waals surface area contributed by atoms with Gasteiger partial charge in [-0.3, -0.25) is 4.79 Å². The minimum atomic E-state index is -1.02. The molecule has 96 valence electrons. The Labute approximate surface area is 105 Å². The van der Waals surface area contributed by atoms with E-state index in [2.05, 4.69) is 0 Å². The number of rotatable bonds is 6. The molecule has 0 spiro atoms. The number of benzene rings is 1. The fraction of sp³-hybridized carbons (Fsp3) is 0.231. The zero-order chi connectivity index (χ0) is 13.4. The molecule has 0 aliphatic carbocycles. The van der Waals surface area contributed by atoms with Crippen molar-refractivity contribution in [1.82, 2.24) is 0 Å². The number of carboxylic acid groups (broad SMARTS) is 1. The fourth-order valence-electron chi connectivity index (χ4n) is 1.25. The second-order valence-corrected chi connectivity index (χ2v) is 3.40. The molecule has 1 rings (SSSR count). The highest BCUT2D eigenvalue weighted by Crippen LogP contribution is 2.19. The van der Waals surface area contributed by atoms with Crippen molar-refractivity contribution >= 4 is 18.0 Å². The van der Waals surface area contributed by atoms with Crippen molar-refractivity contribution in [2.45, 2.75) is 6.92 Å². The Bertz CT molecular complexity index is 450. The predicted octanol–water partition coefficient (Wildman–Crippen LogP) is 1.73. The zero-order valence-corrected chi connectivity index (χ0v) is 9.96. The molecule has 0 unspecified atom stereocenters. The van der Waals surface area contributed by atoms with Gasteiger partial charge in [-0.15, -0.1) is 0 Å². The first-order valence-electron chi connectivity index (χ1n) is 5.36. The van der Waals surface area contributed by atoms with Gasteiger partial charge in [-0.25, -0.2) is 4.79 Å². The molecule has 0 radical (unpaired) electrons. The number of para-hydroxylation sites is 1. The summed E-state index contributed by atoms with van der Waals surface area (Å²) in [7, 11) is 0. The van der Waals surface area contributed by atoms with Crippen LogP contribution in [0.25, 0.3) is 6.08 Å². The number of carboxylic acids is 1. The van der Waals surface area contributed by atoms with Crippen LogP contribution < -0.4 is 4.74 Å². The Morgan fingerprint density at radius 3 is 2.67 bits per heavy atom. The molecule has 5 nitrogen and oxygen atoms in total. The highest BCUT2D eigenvalue weighted by molar-refractivity contribution is 5.85. The highest BCUT2D eigenvalue weighted by atomic mass is 16.6. The van der Waals surface area contributed by atoms with E-state index in [9.17, 15) is 9.59 Å². The molecule has 0 aromatic heterocycles. The molecular formula is C13H14O5. The van der Waals surface area contributed by atoms with Crippen LogP contribution in [0.3, 0.4) is 0 Å². The lowest BCUT2D eigenvalue weighted by atomic mass is 10.2. The number of hydrogen-bond donors (Lipinski definition) is 1. The predicted molar refractivity (Wildman–Crippen MR) is 65.2 cm³/mol. The standard InChI is InChI=1S/C13H14O5/c1-10(14)17-8-9-18-12-5-3-2-4-11(12)6-7-13(15)16/h2-7H,8-9H2,1H3,(H,15,16)/b7-6+. The van der Waals surface area contributed by atoms with E-state index in [1.54, 1.807) is 24.3 Å². The summed E-state index contributed by atoms with van der Waals surface area (Å²) >= 11 is 0. The topological polar surface area (TPSA) is 72.8 Å². The van der Waals surface area contributed by atoms with E-state index < -0.39 is 5.97 Å². The molecule has 0 heterocycles. The summed E-state index contributed by atoms with van der Waals surface area (Å²) in [5.41, 5.74) is 0.655. The van der Waals surface area contributed by atoms with Gasteiger partial charge in [0.1, 0.15) is 19.0 Å². The van der Waals surface area contributed by atoms with Crippen molar-refractivity contribution in [3.05, 3.63) is 35.9 Å². The third kappa shape index (κ3) is 5.16. The number of ether oxygens (including phenoxy) is 2. The molecule has 18 heavy (non-hydrogen) atoms. The van der Waals surface area contributed by atoms with Crippen LogP contribution in [0.2, 0.25) is 0 Å². The van der Waals surface area contributed by atoms with Crippen molar-refractivity contribution in [2.24, 2.45) is 0 Å². The summed E-state index contributed by atoms with van der Waals surface area (Å²) in [6.07, 6.45) is 2.48. The Balaban J connectivity index is 2.59. The first-order chi connectivity index (χ1) is 8.59. The lowest BCUT2D eigenvalue weighted by Gasteiger charge is -2.08. The molecule has 0 fully saturated rings. The summed E-state index contributed by atoms with van der Waals surface area (Å²) in [4.78, 5) is 21.0. The second kappa shape index (κ2) is 7.11. The van der Waals surface area contributed by atoms with Crippen LogP contribution in [0.4, 0.5) is 0 Å². The zero-order valence-electron chi connectivity index (χ0n) is 9.96. The third-order valence-electron chi connectivity index (χ3n) is 1.97. The second-order valence-electron chi connectivity index (χ2n) is 3.40. The molecule has 0 saturated carbocycles. The van der Waals surface area contributed by atoms with Gasteiger partial charge in [-0.05, 0) is 12.1 Å². The monoisotopic (exact) mass is 250 g/mol. The number of esters is 1. The van der Waals surface area contributed by atoms with Gasteiger partial charge < -0.3 is 14.6 Å². The quantitative estimate of drug-likeness (QED) is 0.473. The lowest BCUT2D eigenvalue weighted by molar-refractivity contribution is -0.141. The van der Waals surface area contributed by atoms with Gasteiger partial charge in [0.2, 0.25) is 0 Å². The van der Waals surface area contributed by atoms with E-state index >= 15 is 0 Å². The molecule has 1 aromatic carbocycles. The van der Waals surface area contributed by atoms with Gasteiger partial charge in [0.25, 0.3) is 0 Å². The molecule has 0 aliphatic rings. The Morgan fingerprint density at radius 1 is 1.28 bits per heavy atom. The van der Waals surface area contributed by atoms with E-state index in [0.29, 0.717) is 11.3 Å². The average molecular weight is 250 g/mol. The summed E-state index contributed by atoms with van der Waals surface area (Å²) < 4.78 is 10.1. The van der Waals surface area contributed by atoms with Gasteiger partial charge in [0.05, 0.1) is 0 Å². The molecule has 0 atom stereocenters.